The molecule has 2 heterocycles. The van der Waals surface area contributed by atoms with Gasteiger partial charge < -0.3 is 0 Å². The fourth-order valence-electron chi connectivity index (χ4n) is 2.52. The summed E-state index contributed by atoms with van der Waals surface area (Å²) in [4.78, 5) is 0. The van der Waals surface area contributed by atoms with E-state index in [4.69, 9.17) is 0 Å². The lowest BCUT2D eigenvalue weighted by Gasteiger charge is -2.24. The quantitative estimate of drug-likeness (QED) is 0.710. The van der Waals surface area contributed by atoms with Crippen LogP contribution in [0.2, 0.25) is 0 Å². The normalized spacial score (nSPS) is 29.5. The van der Waals surface area contributed by atoms with Crippen LogP contribution in [0.4, 0.5) is 0 Å². The predicted molar refractivity (Wildman–Crippen MR) is 62.1 cm³/mol. The molecule has 15 heavy (non-hydrogen) atoms. The maximum absolute atomic E-state index is 4.19. The molecule has 2 unspecified atom stereocenters. The van der Waals surface area contributed by atoms with E-state index in [-0.39, 0.29) is 0 Å². The number of hydrogen-bond acceptors (Lipinski definition) is 4. The van der Waals surface area contributed by atoms with E-state index in [1.165, 1.54) is 18.5 Å². The smallest absolute Gasteiger partial charge is 0.0902 e. The highest BCUT2D eigenvalue weighted by Gasteiger charge is 2.39. The first kappa shape index (κ1) is 9.36. The molecule has 1 aliphatic carbocycles. The van der Waals surface area contributed by atoms with Crippen LogP contribution in [0.15, 0.2) is 24.4 Å². The number of nitrogens with zero attached hydrogens (tertiary/aromatic N) is 3. The van der Waals surface area contributed by atoms with Gasteiger partial charge in [-0.1, -0.05) is 18.0 Å². The van der Waals surface area contributed by atoms with Crippen LogP contribution in [0.3, 0.4) is 0 Å². The molecular formula is C11H13N3S. The molecule has 0 radical (unpaired) electrons. The van der Waals surface area contributed by atoms with Crippen LogP contribution in [-0.4, -0.2) is 33.3 Å². The van der Waals surface area contributed by atoms with Gasteiger partial charge in [0, 0.05) is 18.8 Å². The Labute approximate surface area is 93.7 Å². The highest BCUT2D eigenvalue weighted by molar-refractivity contribution is 7.96. The molecule has 0 N–H and O–H groups in total. The third kappa shape index (κ3) is 1.48. The molecule has 3 rings (SSSR count). The van der Waals surface area contributed by atoms with Crippen LogP contribution < -0.4 is 0 Å². The van der Waals surface area contributed by atoms with E-state index >= 15 is 0 Å². The maximum Gasteiger partial charge on any atom is 0.0902 e. The summed E-state index contributed by atoms with van der Waals surface area (Å²) in [5.74, 6) is 0.722. The molecule has 1 aromatic heterocycles. The van der Waals surface area contributed by atoms with E-state index in [2.05, 4.69) is 32.9 Å². The molecule has 3 nitrogen and oxygen atoms in total. The Balaban J connectivity index is 1.93. The Morgan fingerprint density at radius 3 is 3.13 bits per heavy atom. The second-order valence-corrected chi connectivity index (χ2v) is 4.86. The van der Waals surface area contributed by atoms with E-state index in [9.17, 15) is 0 Å². The van der Waals surface area contributed by atoms with Crippen molar-refractivity contribution >= 4 is 17.5 Å². The summed E-state index contributed by atoms with van der Waals surface area (Å²) in [7, 11) is 0. The van der Waals surface area contributed by atoms with Crippen LogP contribution in [0.25, 0.3) is 5.57 Å². The van der Waals surface area contributed by atoms with Gasteiger partial charge >= 0.3 is 0 Å². The molecule has 4 heteroatoms. The fourth-order valence-corrected chi connectivity index (χ4v) is 3.31. The summed E-state index contributed by atoms with van der Waals surface area (Å²) in [6.45, 7) is 1.19. The first-order chi connectivity index (χ1) is 7.38. The van der Waals surface area contributed by atoms with E-state index in [0.29, 0.717) is 6.04 Å². The molecule has 0 saturated carbocycles. The van der Waals surface area contributed by atoms with Crippen molar-refractivity contribution in [3.8, 4) is 0 Å². The Bertz CT molecular complexity index is 390. The van der Waals surface area contributed by atoms with Crippen molar-refractivity contribution in [3.05, 3.63) is 30.1 Å². The zero-order valence-electron chi connectivity index (χ0n) is 8.63. The lowest BCUT2D eigenvalue weighted by Crippen LogP contribution is -2.25. The highest BCUT2D eigenvalue weighted by atomic mass is 32.2. The number of rotatable bonds is 2. The van der Waals surface area contributed by atoms with Gasteiger partial charge in [-0.25, -0.2) is 4.31 Å². The highest BCUT2D eigenvalue weighted by Crippen LogP contribution is 2.43. The van der Waals surface area contributed by atoms with Gasteiger partial charge in [-0.3, -0.25) is 0 Å². The number of aromatic nitrogens is 2. The summed E-state index contributed by atoms with van der Waals surface area (Å²) < 4.78 is 2.45. The van der Waals surface area contributed by atoms with Gasteiger partial charge in [0.15, 0.2) is 0 Å². The molecule has 2 atom stereocenters. The van der Waals surface area contributed by atoms with Crippen molar-refractivity contribution in [2.75, 3.05) is 12.8 Å². The Morgan fingerprint density at radius 2 is 2.47 bits per heavy atom. The van der Waals surface area contributed by atoms with Gasteiger partial charge in [0.05, 0.1) is 5.69 Å². The second-order valence-electron chi connectivity index (χ2n) is 4.02. The zero-order chi connectivity index (χ0) is 10.3. The largest absolute Gasteiger partial charge is 0.243 e. The van der Waals surface area contributed by atoms with E-state index in [1.807, 2.05) is 18.0 Å². The predicted octanol–water partition coefficient (Wildman–Crippen LogP) is 1.84. The average molecular weight is 219 g/mol. The molecule has 0 aromatic carbocycles. The van der Waals surface area contributed by atoms with Crippen molar-refractivity contribution < 1.29 is 0 Å². The van der Waals surface area contributed by atoms with Crippen molar-refractivity contribution in [2.45, 2.75) is 12.5 Å². The average Bonchev–Trinajstić information content (AvgIpc) is 2.89. The molecule has 2 bridgehead atoms. The second kappa shape index (κ2) is 3.61. The topological polar surface area (TPSA) is 29.0 Å². The van der Waals surface area contributed by atoms with Crippen LogP contribution in [-0.2, 0) is 0 Å². The Kier molecular flexibility index (Phi) is 2.25. The summed E-state index contributed by atoms with van der Waals surface area (Å²) in [6, 6.07) is 4.57. The van der Waals surface area contributed by atoms with Crippen LogP contribution in [0.5, 0.6) is 0 Å². The molecule has 0 spiro atoms. The summed E-state index contributed by atoms with van der Waals surface area (Å²) >= 11 is 1.84. The Hall–Kier alpha value is -0.870. The van der Waals surface area contributed by atoms with Crippen LogP contribution >= 0.6 is 11.9 Å². The van der Waals surface area contributed by atoms with E-state index < -0.39 is 0 Å². The van der Waals surface area contributed by atoms with E-state index in [1.54, 1.807) is 6.20 Å². The number of fused-ring (bicyclic) bond motifs is 2. The minimum absolute atomic E-state index is 0.557. The molecule has 1 saturated heterocycles. The minimum Gasteiger partial charge on any atom is -0.243 e. The number of hydrogen-bond donors (Lipinski definition) is 0. The standard InChI is InChI=1S/C11H13N3S/c1-15-14-7-8-5-9(11(14)6-8)10-3-2-4-12-13-10/h2-5,8,11H,6-7H2,1H3. The lowest BCUT2D eigenvalue weighted by molar-refractivity contribution is 0.500. The van der Waals surface area contributed by atoms with Crippen molar-refractivity contribution in [2.24, 2.45) is 5.92 Å². The van der Waals surface area contributed by atoms with Crippen LogP contribution in [0, 0.1) is 5.92 Å². The van der Waals surface area contributed by atoms with Crippen molar-refractivity contribution in [1.82, 2.24) is 14.5 Å². The molecule has 1 aliphatic heterocycles. The lowest BCUT2D eigenvalue weighted by atomic mass is 10.1. The third-order valence-corrected chi connectivity index (χ3v) is 4.04. The van der Waals surface area contributed by atoms with Crippen molar-refractivity contribution in [1.29, 1.82) is 0 Å². The maximum atomic E-state index is 4.19. The monoisotopic (exact) mass is 219 g/mol. The molecule has 0 amide bonds. The first-order valence-corrected chi connectivity index (χ1v) is 6.37. The van der Waals surface area contributed by atoms with Crippen molar-refractivity contribution in [3.63, 3.8) is 0 Å². The zero-order valence-corrected chi connectivity index (χ0v) is 9.44. The SMILES string of the molecule is CSN1CC2C=C(c3cccnn3)C1C2. The van der Waals surface area contributed by atoms with E-state index in [0.717, 1.165) is 11.6 Å². The van der Waals surface area contributed by atoms with Gasteiger partial charge in [-0.15, -0.1) is 0 Å². The molecule has 1 aromatic rings. The van der Waals surface area contributed by atoms with Gasteiger partial charge in [-0.05, 0) is 36.3 Å². The summed E-state index contributed by atoms with van der Waals surface area (Å²) in [5, 5.41) is 8.14. The first-order valence-electron chi connectivity index (χ1n) is 5.19. The summed E-state index contributed by atoms with van der Waals surface area (Å²) in [5.41, 5.74) is 2.41. The molecular weight excluding hydrogens is 206 g/mol. The van der Waals surface area contributed by atoms with Crippen LogP contribution in [0.1, 0.15) is 12.1 Å². The fraction of sp³-hybridized carbons (Fsp3) is 0.455. The minimum atomic E-state index is 0.557. The van der Waals surface area contributed by atoms with Gasteiger partial charge in [-0.2, -0.15) is 10.2 Å². The Morgan fingerprint density at radius 1 is 1.53 bits per heavy atom. The molecule has 2 aliphatic rings. The van der Waals surface area contributed by atoms with Gasteiger partial charge in [0.25, 0.3) is 0 Å². The van der Waals surface area contributed by atoms with Gasteiger partial charge in [0.2, 0.25) is 0 Å². The third-order valence-electron chi connectivity index (χ3n) is 3.16. The van der Waals surface area contributed by atoms with Gasteiger partial charge in [0.1, 0.15) is 0 Å². The molecule has 78 valence electrons. The summed E-state index contributed by atoms with van der Waals surface area (Å²) in [6.07, 6.45) is 7.51. The molecule has 1 fully saturated rings.